The number of nitrogens with zero attached hydrogens (tertiary/aromatic N) is 2. The van der Waals surface area contributed by atoms with E-state index in [1.807, 2.05) is 45.0 Å². The summed E-state index contributed by atoms with van der Waals surface area (Å²) in [5, 5.41) is 11.8. The first kappa shape index (κ1) is 29.2. The molecule has 39 heavy (non-hydrogen) atoms. The van der Waals surface area contributed by atoms with Crippen LogP contribution < -0.4 is 4.74 Å². The third kappa shape index (κ3) is 8.11. The lowest BCUT2D eigenvalue weighted by atomic mass is 9.72. The molecule has 1 amide bonds. The van der Waals surface area contributed by atoms with Crippen molar-refractivity contribution in [2.75, 3.05) is 32.7 Å². The van der Waals surface area contributed by atoms with Crippen LogP contribution in [0, 0.1) is 0 Å². The summed E-state index contributed by atoms with van der Waals surface area (Å²) in [4.78, 5) is 16.5. The van der Waals surface area contributed by atoms with Crippen molar-refractivity contribution in [3.8, 4) is 16.9 Å². The number of carbonyl (C=O) groups is 1. The van der Waals surface area contributed by atoms with Crippen molar-refractivity contribution in [1.29, 1.82) is 0 Å². The van der Waals surface area contributed by atoms with Gasteiger partial charge in [-0.3, -0.25) is 4.90 Å². The Morgan fingerprint density at radius 2 is 1.59 bits per heavy atom. The third-order valence-electron chi connectivity index (χ3n) is 7.55. The predicted octanol–water partition coefficient (Wildman–Crippen LogP) is 6.58. The number of aliphatic hydroxyl groups is 1. The quantitative estimate of drug-likeness (QED) is 0.442. The van der Waals surface area contributed by atoms with E-state index in [4.69, 9.17) is 4.74 Å². The molecule has 2 aromatic carbocycles. The van der Waals surface area contributed by atoms with Crippen LogP contribution in [0.15, 0.2) is 48.5 Å². The molecule has 0 radical (unpaired) electrons. The van der Waals surface area contributed by atoms with Crippen molar-refractivity contribution in [2.24, 2.45) is 0 Å². The van der Waals surface area contributed by atoms with Gasteiger partial charge in [0.15, 0.2) is 0 Å². The van der Waals surface area contributed by atoms with Gasteiger partial charge in [-0.05, 0) is 62.4 Å². The van der Waals surface area contributed by atoms with Gasteiger partial charge >= 0.3 is 12.5 Å². The van der Waals surface area contributed by atoms with Crippen molar-refractivity contribution in [3.05, 3.63) is 54.1 Å². The summed E-state index contributed by atoms with van der Waals surface area (Å²) in [7, 11) is 0. The fraction of sp³-hybridized carbons (Fsp3) is 0.567. The van der Waals surface area contributed by atoms with Gasteiger partial charge in [-0.1, -0.05) is 55.7 Å². The Bertz CT molecular complexity index is 1100. The maximum absolute atomic E-state index is 12.7. The first-order valence-corrected chi connectivity index (χ1v) is 13.7. The molecular weight excluding hydrogens is 509 g/mol. The minimum atomic E-state index is -4.75. The largest absolute Gasteiger partial charge is 0.573 e. The molecule has 2 aromatic rings. The van der Waals surface area contributed by atoms with Gasteiger partial charge in [0, 0.05) is 38.6 Å². The highest BCUT2D eigenvalue weighted by atomic mass is 19.4. The predicted molar refractivity (Wildman–Crippen MR) is 144 cm³/mol. The molecule has 1 unspecified atom stereocenters. The summed E-state index contributed by atoms with van der Waals surface area (Å²) in [6, 6.07) is 13.7. The normalized spacial score (nSPS) is 19.4. The van der Waals surface area contributed by atoms with E-state index < -0.39 is 17.6 Å². The Labute approximate surface area is 228 Å². The summed E-state index contributed by atoms with van der Waals surface area (Å²) in [5.74, 6) is -0.385. The van der Waals surface area contributed by atoms with Crippen molar-refractivity contribution >= 4 is 6.09 Å². The summed E-state index contributed by atoms with van der Waals surface area (Å²) in [6.45, 7) is 8.74. The second kappa shape index (κ2) is 11.8. The Kier molecular flexibility index (Phi) is 8.81. The van der Waals surface area contributed by atoms with Gasteiger partial charge in [-0.25, -0.2) is 4.79 Å². The first-order valence-electron chi connectivity index (χ1n) is 13.7. The van der Waals surface area contributed by atoms with E-state index in [2.05, 4.69) is 9.64 Å². The molecule has 1 aliphatic carbocycles. The van der Waals surface area contributed by atoms with Gasteiger partial charge in [0.2, 0.25) is 0 Å². The van der Waals surface area contributed by atoms with Crippen molar-refractivity contribution in [1.82, 2.24) is 9.80 Å². The number of halogens is 3. The molecule has 2 fully saturated rings. The molecule has 1 atom stereocenters. The van der Waals surface area contributed by atoms with Crippen LogP contribution in [0.25, 0.3) is 11.1 Å². The summed E-state index contributed by atoms with van der Waals surface area (Å²) in [6.07, 6.45) is -0.526. The molecular formula is C30H39F3N2O4. The monoisotopic (exact) mass is 548 g/mol. The van der Waals surface area contributed by atoms with E-state index in [0.29, 0.717) is 38.3 Å². The van der Waals surface area contributed by atoms with Crippen LogP contribution in [0.3, 0.4) is 0 Å². The fourth-order valence-electron chi connectivity index (χ4n) is 5.58. The molecule has 9 heteroatoms. The Hall–Kier alpha value is -2.78. The van der Waals surface area contributed by atoms with E-state index >= 15 is 0 Å². The van der Waals surface area contributed by atoms with Crippen LogP contribution in [0.2, 0.25) is 0 Å². The lowest BCUT2D eigenvalue weighted by Gasteiger charge is -2.43. The lowest BCUT2D eigenvalue weighted by molar-refractivity contribution is -0.274. The minimum absolute atomic E-state index is 0.125. The second-order valence-corrected chi connectivity index (χ2v) is 11.7. The number of ether oxygens (including phenoxy) is 2. The molecule has 1 aliphatic heterocycles. The average Bonchev–Trinajstić information content (AvgIpc) is 2.86. The van der Waals surface area contributed by atoms with Crippen molar-refractivity contribution in [2.45, 2.75) is 76.4 Å². The average molecular weight is 549 g/mol. The molecule has 6 nitrogen and oxygen atoms in total. The van der Waals surface area contributed by atoms with Crippen LogP contribution in [-0.2, 0) is 4.74 Å². The van der Waals surface area contributed by atoms with Crippen LogP contribution in [0.4, 0.5) is 18.0 Å². The van der Waals surface area contributed by atoms with E-state index in [9.17, 15) is 23.1 Å². The van der Waals surface area contributed by atoms with Gasteiger partial charge in [-0.2, -0.15) is 0 Å². The number of alkyl halides is 3. The van der Waals surface area contributed by atoms with Gasteiger partial charge in [0.05, 0.1) is 5.60 Å². The van der Waals surface area contributed by atoms with E-state index in [1.165, 1.54) is 18.2 Å². The zero-order valence-electron chi connectivity index (χ0n) is 23.0. The fourth-order valence-corrected chi connectivity index (χ4v) is 5.58. The molecule has 4 rings (SSSR count). The number of benzene rings is 2. The molecule has 1 heterocycles. The number of hydrogen-bond acceptors (Lipinski definition) is 5. The highest BCUT2D eigenvalue weighted by Gasteiger charge is 2.40. The number of piperazine rings is 1. The van der Waals surface area contributed by atoms with Crippen molar-refractivity contribution < 1.29 is 32.5 Å². The molecule has 0 bridgehead atoms. The van der Waals surface area contributed by atoms with Crippen LogP contribution >= 0.6 is 0 Å². The number of amides is 1. The highest BCUT2D eigenvalue weighted by Crippen LogP contribution is 2.41. The zero-order valence-corrected chi connectivity index (χ0v) is 23.0. The zero-order chi connectivity index (χ0) is 28.3. The number of rotatable bonds is 6. The molecule has 1 saturated heterocycles. The standard InChI is InChI=1S/C30H39F3N2O4/c1-28(2,3)39-27(36)35-18-16-34(17-19-35)21-26(29(37)14-5-4-6-15-29)23-12-10-22(11-13-23)24-8-7-9-25(20-24)38-30(31,32)33/h7-13,20,26,37H,4-6,14-19,21H2,1-3H3. The molecule has 0 spiro atoms. The molecule has 2 aliphatic rings. The molecule has 214 valence electrons. The Morgan fingerprint density at radius 1 is 0.949 bits per heavy atom. The molecule has 0 aromatic heterocycles. The maximum Gasteiger partial charge on any atom is 0.573 e. The Balaban J connectivity index is 1.49. The van der Waals surface area contributed by atoms with Crippen LogP contribution in [0.1, 0.15) is 64.4 Å². The van der Waals surface area contributed by atoms with Crippen LogP contribution in [0.5, 0.6) is 5.75 Å². The van der Waals surface area contributed by atoms with Crippen molar-refractivity contribution in [3.63, 3.8) is 0 Å². The van der Waals surface area contributed by atoms with E-state index in [-0.39, 0.29) is 17.8 Å². The van der Waals surface area contributed by atoms with Gasteiger partial charge < -0.3 is 19.5 Å². The first-order chi connectivity index (χ1) is 18.3. The second-order valence-electron chi connectivity index (χ2n) is 11.7. The van der Waals surface area contributed by atoms with Gasteiger partial charge in [-0.15, -0.1) is 13.2 Å². The Morgan fingerprint density at radius 3 is 2.18 bits per heavy atom. The van der Waals surface area contributed by atoms with E-state index in [1.54, 1.807) is 11.0 Å². The summed E-state index contributed by atoms with van der Waals surface area (Å²) in [5.41, 5.74) is 1.02. The number of hydrogen-bond donors (Lipinski definition) is 1. The van der Waals surface area contributed by atoms with Gasteiger partial charge in [0.1, 0.15) is 11.4 Å². The van der Waals surface area contributed by atoms with Crippen LogP contribution in [-0.4, -0.2) is 71.3 Å². The minimum Gasteiger partial charge on any atom is -0.444 e. The maximum atomic E-state index is 12.7. The topological polar surface area (TPSA) is 62.2 Å². The SMILES string of the molecule is CC(C)(C)OC(=O)N1CCN(CC(c2ccc(-c3cccc(OC(F)(F)F)c3)cc2)C2(O)CCCCC2)CC1. The molecule has 1 saturated carbocycles. The highest BCUT2D eigenvalue weighted by molar-refractivity contribution is 5.68. The number of carbonyl (C=O) groups excluding carboxylic acids is 1. The lowest BCUT2D eigenvalue weighted by Crippen LogP contribution is -2.52. The van der Waals surface area contributed by atoms with E-state index in [0.717, 1.165) is 43.2 Å². The summed E-state index contributed by atoms with van der Waals surface area (Å²) < 4.78 is 47.6. The smallest absolute Gasteiger partial charge is 0.444 e. The summed E-state index contributed by atoms with van der Waals surface area (Å²) >= 11 is 0. The third-order valence-corrected chi connectivity index (χ3v) is 7.55. The van der Waals surface area contributed by atoms with Gasteiger partial charge in [0.25, 0.3) is 0 Å². The molecule has 1 N–H and O–H groups in total.